The average Bonchev–Trinajstić information content (AvgIpc) is 3.89. The van der Waals surface area contributed by atoms with Crippen LogP contribution in [0.5, 0.6) is 0 Å². The van der Waals surface area contributed by atoms with Crippen LogP contribution in [0.25, 0.3) is 0 Å². The number of nitrogens with zero attached hydrogens (tertiary/aromatic N) is 1. The Balaban J connectivity index is 1.59. The molecule has 0 spiro atoms. The van der Waals surface area contributed by atoms with Gasteiger partial charge in [0.2, 0.25) is 21.8 Å². The lowest BCUT2D eigenvalue weighted by atomic mass is 9.85. The van der Waals surface area contributed by atoms with Crippen LogP contribution in [0.15, 0.2) is 30.9 Å². The second-order valence-corrected chi connectivity index (χ2v) is 17.4. The number of aryl methyl sites for hydroxylation is 1. The van der Waals surface area contributed by atoms with Gasteiger partial charge in [0.05, 0.1) is 22.5 Å². The van der Waals surface area contributed by atoms with Crippen molar-refractivity contribution in [2.75, 3.05) is 11.9 Å². The van der Waals surface area contributed by atoms with Gasteiger partial charge >= 0.3 is 12.2 Å². The second kappa shape index (κ2) is 13.8. The van der Waals surface area contributed by atoms with Crippen molar-refractivity contribution >= 4 is 57.2 Å². The summed E-state index contributed by atoms with van der Waals surface area (Å²) in [6.45, 7) is 15.5. The summed E-state index contributed by atoms with van der Waals surface area (Å²) in [6, 6.07) is 2.59. The first kappa shape index (κ1) is 38.0. The number of alkyl carbamates (subject to hydrolysis) is 1. The van der Waals surface area contributed by atoms with E-state index in [1.165, 1.54) is 11.0 Å². The summed E-state index contributed by atoms with van der Waals surface area (Å²) >= 11 is 6.22. The van der Waals surface area contributed by atoms with Gasteiger partial charge in [-0.05, 0) is 70.1 Å². The van der Waals surface area contributed by atoms with Crippen molar-refractivity contribution in [1.29, 1.82) is 0 Å². The van der Waals surface area contributed by atoms with Gasteiger partial charge in [-0.1, -0.05) is 44.5 Å². The van der Waals surface area contributed by atoms with Gasteiger partial charge in [-0.25, -0.2) is 18.0 Å². The van der Waals surface area contributed by atoms with Crippen molar-refractivity contribution in [2.45, 2.75) is 109 Å². The lowest BCUT2D eigenvalue weighted by Crippen LogP contribution is -2.60. The fourth-order valence-corrected chi connectivity index (χ4v) is 7.19. The molecule has 2 unspecified atom stereocenters. The molecule has 0 bridgehead atoms. The predicted octanol–water partition coefficient (Wildman–Crippen LogP) is 3.78. The number of hydrogen-bond acceptors (Lipinski definition) is 9. The summed E-state index contributed by atoms with van der Waals surface area (Å²) in [5.74, 6) is -2.88. The van der Waals surface area contributed by atoms with Gasteiger partial charge in [0.1, 0.15) is 29.3 Å². The molecule has 2 aliphatic carbocycles. The van der Waals surface area contributed by atoms with E-state index in [2.05, 4.69) is 27.3 Å². The molecule has 1 aromatic carbocycles. The predicted molar refractivity (Wildman–Crippen MR) is 182 cm³/mol. The fourth-order valence-electron chi connectivity index (χ4n) is 5.66. The van der Waals surface area contributed by atoms with Crippen LogP contribution < -0.4 is 20.7 Å². The Morgan fingerprint density at radius 3 is 2.29 bits per heavy atom. The minimum Gasteiger partial charge on any atom is -0.444 e. The third-order valence-electron chi connectivity index (χ3n) is 8.50. The molecule has 3 aliphatic rings. The van der Waals surface area contributed by atoms with Crippen molar-refractivity contribution in [3.05, 3.63) is 41.4 Å². The van der Waals surface area contributed by atoms with Crippen LogP contribution in [0.2, 0.25) is 5.02 Å². The molecule has 1 aromatic rings. The van der Waals surface area contributed by atoms with Gasteiger partial charge in [-0.2, -0.15) is 0 Å². The SMILES string of the molecule is C=CC1CC1(NC(=O)[C@@H]1C[C@@H](OC(=O)Nc2cc(C)ccc2Cl)CN1C(=O)[C@@H](NC(=O)OC(C)(C)C)C(C)(C)C)C(=O)NS(=O)(=O)C1CC1. The normalized spacial score (nSPS) is 24.2. The van der Waals surface area contributed by atoms with E-state index in [9.17, 15) is 32.4 Å². The Hall–Kier alpha value is -3.85. The highest BCUT2D eigenvalue weighted by Gasteiger charge is 2.62. The molecule has 4 N–H and O–H groups in total. The van der Waals surface area contributed by atoms with Gasteiger partial charge in [-0.15, -0.1) is 6.58 Å². The third-order valence-corrected chi connectivity index (χ3v) is 10.7. The summed E-state index contributed by atoms with van der Waals surface area (Å²) in [4.78, 5) is 68.6. The van der Waals surface area contributed by atoms with Gasteiger partial charge < -0.3 is 25.0 Å². The summed E-state index contributed by atoms with van der Waals surface area (Å²) in [5.41, 5.74) is -2.19. The molecule has 1 aliphatic heterocycles. The standard InChI is InChI=1S/C33H46ClN5O9S/c1-9-19-16-33(19,28(42)38-49(45,46)21-11-12-21)37-26(40)24-15-20(47-29(43)35-23-14-18(2)10-13-22(23)34)17-39(24)27(41)25(31(3,4)5)36-30(44)48-32(6,7)8/h9-10,13-14,19-21,24-25H,1,11-12,15-17H2,2-8H3,(H,35,43)(H,36,44)(H,37,40)(H,38,42)/t19?,20-,24+,25-,33?/m1/s1. The molecule has 2 saturated carbocycles. The minimum atomic E-state index is -3.92. The van der Waals surface area contributed by atoms with E-state index in [0.717, 1.165) is 5.56 Å². The van der Waals surface area contributed by atoms with Gasteiger partial charge in [-0.3, -0.25) is 24.4 Å². The van der Waals surface area contributed by atoms with E-state index in [1.807, 2.05) is 6.92 Å². The first-order valence-corrected chi connectivity index (χ1v) is 18.0. The molecule has 1 saturated heterocycles. The lowest BCUT2D eigenvalue weighted by Gasteiger charge is -2.36. The number of halogens is 1. The first-order chi connectivity index (χ1) is 22.6. The second-order valence-electron chi connectivity index (χ2n) is 15.0. The molecular formula is C33H46ClN5O9S. The molecule has 5 amide bonds. The smallest absolute Gasteiger partial charge is 0.412 e. The average molecular weight is 724 g/mol. The Labute approximate surface area is 292 Å². The number of ether oxygens (including phenoxy) is 2. The number of sulfonamides is 1. The van der Waals surface area contributed by atoms with E-state index in [0.29, 0.717) is 18.5 Å². The van der Waals surface area contributed by atoms with Crippen LogP contribution in [0, 0.1) is 18.3 Å². The Morgan fingerprint density at radius 1 is 1.08 bits per heavy atom. The molecule has 0 aromatic heterocycles. The summed E-state index contributed by atoms with van der Waals surface area (Å²) in [7, 11) is -3.92. The van der Waals surface area contributed by atoms with Crippen molar-refractivity contribution in [3.63, 3.8) is 0 Å². The van der Waals surface area contributed by atoms with E-state index in [4.69, 9.17) is 21.1 Å². The van der Waals surface area contributed by atoms with Crippen LogP contribution in [-0.2, 0) is 33.9 Å². The topological polar surface area (TPSA) is 189 Å². The number of likely N-dealkylation sites (tertiary alicyclic amines) is 1. The maximum Gasteiger partial charge on any atom is 0.412 e. The number of benzene rings is 1. The first-order valence-electron chi connectivity index (χ1n) is 16.1. The van der Waals surface area contributed by atoms with E-state index < -0.39 is 85.8 Å². The molecule has 5 atom stereocenters. The Morgan fingerprint density at radius 2 is 1.73 bits per heavy atom. The van der Waals surface area contributed by atoms with Crippen LogP contribution in [0.3, 0.4) is 0 Å². The van der Waals surface area contributed by atoms with Crippen molar-refractivity contribution < 1.29 is 41.9 Å². The third kappa shape index (κ3) is 9.24. The summed E-state index contributed by atoms with van der Waals surface area (Å²) in [6.07, 6.45) is -0.449. The molecule has 1 heterocycles. The molecule has 3 fully saturated rings. The Bertz CT molecular complexity index is 1630. The number of amides is 5. The number of anilines is 1. The van der Waals surface area contributed by atoms with Crippen molar-refractivity contribution in [3.8, 4) is 0 Å². The van der Waals surface area contributed by atoms with Gasteiger partial charge in [0.15, 0.2) is 0 Å². The highest BCUT2D eigenvalue weighted by Crippen LogP contribution is 2.45. The number of carbonyl (C=O) groups is 5. The monoisotopic (exact) mass is 723 g/mol. The quantitative estimate of drug-likeness (QED) is 0.261. The number of carbonyl (C=O) groups excluding carboxylic acids is 5. The van der Waals surface area contributed by atoms with Gasteiger partial charge in [0.25, 0.3) is 5.91 Å². The fraction of sp³-hybridized carbons (Fsp3) is 0.606. The highest BCUT2D eigenvalue weighted by atomic mass is 35.5. The van der Waals surface area contributed by atoms with Gasteiger partial charge in [0, 0.05) is 12.3 Å². The van der Waals surface area contributed by atoms with E-state index in [1.54, 1.807) is 59.7 Å². The molecule has 49 heavy (non-hydrogen) atoms. The number of hydrogen-bond donors (Lipinski definition) is 4. The summed E-state index contributed by atoms with van der Waals surface area (Å²) < 4.78 is 38.3. The molecule has 4 rings (SSSR count). The maximum atomic E-state index is 14.2. The highest BCUT2D eigenvalue weighted by molar-refractivity contribution is 7.91. The largest absolute Gasteiger partial charge is 0.444 e. The van der Waals surface area contributed by atoms with Crippen LogP contribution in [-0.4, -0.2) is 84.3 Å². The van der Waals surface area contributed by atoms with Crippen LogP contribution in [0.4, 0.5) is 15.3 Å². The molecule has 14 nitrogen and oxygen atoms in total. The maximum absolute atomic E-state index is 14.2. The molecular weight excluding hydrogens is 678 g/mol. The summed E-state index contributed by atoms with van der Waals surface area (Å²) in [5, 5.41) is 7.50. The van der Waals surface area contributed by atoms with Crippen molar-refractivity contribution in [1.82, 2.24) is 20.3 Å². The van der Waals surface area contributed by atoms with E-state index >= 15 is 0 Å². The zero-order valence-electron chi connectivity index (χ0n) is 28.8. The number of nitrogens with one attached hydrogen (secondary N) is 4. The van der Waals surface area contributed by atoms with Crippen LogP contribution >= 0.6 is 11.6 Å². The Kier molecular flexibility index (Phi) is 10.7. The van der Waals surface area contributed by atoms with Crippen LogP contribution in [0.1, 0.15) is 72.8 Å². The zero-order chi connectivity index (χ0) is 36.7. The lowest BCUT2D eigenvalue weighted by molar-refractivity contribution is -0.143. The molecule has 0 radical (unpaired) electrons. The molecule has 270 valence electrons. The molecule has 16 heteroatoms. The minimum absolute atomic E-state index is 0.0966. The number of rotatable bonds is 10. The van der Waals surface area contributed by atoms with E-state index in [-0.39, 0.29) is 24.4 Å². The van der Waals surface area contributed by atoms with Crippen molar-refractivity contribution in [2.24, 2.45) is 11.3 Å². The zero-order valence-corrected chi connectivity index (χ0v) is 30.4.